The summed E-state index contributed by atoms with van der Waals surface area (Å²) in [6.07, 6.45) is 3.88. The van der Waals surface area contributed by atoms with E-state index in [9.17, 15) is 0 Å². The van der Waals surface area contributed by atoms with Gasteiger partial charge in [0.1, 0.15) is 0 Å². The van der Waals surface area contributed by atoms with Gasteiger partial charge in [-0.1, -0.05) is 33.6 Å². The molecule has 0 bridgehead atoms. The Bertz CT molecular complexity index is 62.6. The van der Waals surface area contributed by atoms with E-state index in [0.717, 1.165) is 5.92 Å². The number of rotatable bonds is 6. The molecule has 0 aliphatic carbocycles. The van der Waals surface area contributed by atoms with E-state index in [-0.39, 0.29) is 12.4 Å². The average molecular weight is 180 g/mol. The summed E-state index contributed by atoms with van der Waals surface area (Å²) >= 11 is 0. The maximum atomic E-state index is 3.44. The molecule has 0 radical (unpaired) electrons. The maximum absolute atomic E-state index is 3.44. The van der Waals surface area contributed by atoms with E-state index < -0.39 is 0 Å². The molecule has 0 rings (SSSR count). The summed E-state index contributed by atoms with van der Waals surface area (Å²) in [5.74, 6) is 0.895. The molecule has 0 aliphatic heterocycles. The summed E-state index contributed by atoms with van der Waals surface area (Å²) < 4.78 is 0. The van der Waals surface area contributed by atoms with Crippen LogP contribution in [0.3, 0.4) is 0 Å². The highest BCUT2D eigenvalue weighted by Gasteiger charge is 2.00. The molecule has 0 saturated carbocycles. The Balaban J connectivity index is 0. The standard InChI is InChI=1S/C9H21N.ClH/c1-4-7-10-8-9(5-2)6-3;/h9-10H,4-8H2,1-3H3;1H. The van der Waals surface area contributed by atoms with Gasteiger partial charge >= 0.3 is 0 Å². The van der Waals surface area contributed by atoms with Gasteiger partial charge in [0.05, 0.1) is 0 Å². The zero-order valence-electron chi connectivity index (χ0n) is 8.02. The van der Waals surface area contributed by atoms with E-state index >= 15 is 0 Å². The third-order valence-electron chi connectivity index (χ3n) is 2.01. The van der Waals surface area contributed by atoms with Crippen molar-refractivity contribution in [2.24, 2.45) is 5.92 Å². The van der Waals surface area contributed by atoms with Crippen LogP contribution in [0.4, 0.5) is 0 Å². The monoisotopic (exact) mass is 179 g/mol. The Morgan fingerprint density at radius 3 is 2.00 bits per heavy atom. The summed E-state index contributed by atoms with van der Waals surface area (Å²) in [6, 6.07) is 0. The van der Waals surface area contributed by atoms with Crippen molar-refractivity contribution >= 4 is 12.4 Å². The number of hydrogen-bond donors (Lipinski definition) is 1. The predicted octanol–water partition coefficient (Wildman–Crippen LogP) is 2.84. The van der Waals surface area contributed by atoms with Gasteiger partial charge in [-0.05, 0) is 25.4 Å². The van der Waals surface area contributed by atoms with Crippen LogP contribution >= 0.6 is 12.4 Å². The fourth-order valence-corrected chi connectivity index (χ4v) is 1.06. The molecule has 1 N–H and O–H groups in total. The molecule has 0 fully saturated rings. The molecular formula is C9H22ClN. The van der Waals surface area contributed by atoms with Crippen molar-refractivity contribution < 1.29 is 0 Å². The van der Waals surface area contributed by atoms with E-state index in [1.54, 1.807) is 0 Å². The third kappa shape index (κ3) is 8.15. The van der Waals surface area contributed by atoms with Gasteiger partial charge < -0.3 is 5.32 Å². The molecule has 0 heterocycles. The molecule has 0 spiro atoms. The van der Waals surface area contributed by atoms with Crippen LogP contribution in [-0.4, -0.2) is 13.1 Å². The summed E-state index contributed by atoms with van der Waals surface area (Å²) in [6.45, 7) is 9.13. The third-order valence-corrected chi connectivity index (χ3v) is 2.01. The molecule has 70 valence electrons. The number of hydrogen-bond acceptors (Lipinski definition) is 1. The quantitative estimate of drug-likeness (QED) is 0.619. The van der Waals surface area contributed by atoms with Gasteiger partial charge in [0, 0.05) is 0 Å². The molecule has 0 aliphatic rings. The lowest BCUT2D eigenvalue weighted by Crippen LogP contribution is -2.22. The lowest BCUT2D eigenvalue weighted by molar-refractivity contribution is 0.450. The highest BCUT2D eigenvalue weighted by molar-refractivity contribution is 5.85. The number of halogens is 1. The topological polar surface area (TPSA) is 12.0 Å². The van der Waals surface area contributed by atoms with Crippen molar-refractivity contribution in [2.75, 3.05) is 13.1 Å². The highest BCUT2D eigenvalue weighted by Crippen LogP contribution is 2.04. The van der Waals surface area contributed by atoms with Crippen LogP contribution in [0, 0.1) is 5.92 Å². The maximum Gasteiger partial charge on any atom is -0.00207 e. The minimum Gasteiger partial charge on any atom is -0.316 e. The number of nitrogens with one attached hydrogen (secondary N) is 1. The van der Waals surface area contributed by atoms with Crippen LogP contribution in [-0.2, 0) is 0 Å². The van der Waals surface area contributed by atoms with Crippen molar-refractivity contribution in [3.05, 3.63) is 0 Å². The smallest absolute Gasteiger partial charge is 0.00207 e. The summed E-state index contributed by atoms with van der Waals surface area (Å²) in [5, 5.41) is 3.44. The second kappa shape index (κ2) is 10.2. The van der Waals surface area contributed by atoms with Gasteiger partial charge in [0.25, 0.3) is 0 Å². The van der Waals surface area contributed by atoms with Crippen molar-refractivity contribution in [2.45, 2.75) is 40.0 Å². The molecule has 0 amide bonds. The first-order valence-corrected chi connectivity index (χ1v) is 4.55. The largest absolute Gasteiger partial charge is 0.316 e. The lowest BCUT2D eigenvalue weighted by atomic mass is 10.0. The first kappa shape index (κ1) is 13.8. The Labute approximate surface area is 77.4 Å². The first-order valence-electron chi connectivity index (χ1n) is 4.55. The van der Waals surface area contributed by atoms with Crippen molar-refractivity contribution in [1.82, 2.24) is 5.32 Å². The molecule has 0 aromatic rings. The molecule has 2 heteroatoms. The van der Waals surface area contributed by atoms with Gasteiger partial charge in [0.15, 0.2) is 0 Å². The second-order valence-corrected chi connectivity index (χ2v) is 2.89. The Kier molecular flexibility index (Phi) is 12.9. The van der Waals surface area contributed by atoms with Gasteiger partial charge in [-0.25, -0.2) is 0 Å². The van der Waals surface area contributed by atoms with Crippen LogP contribution in [0.1, 0.15) is 40.0 Å². The second-order valence-electron chi connectivity index (χ2n) is 2.89. The Morgan fingerprint density at radius 2 is 1.64 bits per heavy atom. The molecule has 0 atom stereocenters. The summed E-state index contributed by atoms with van der Waals surface area (Å²) in [5.41, 5.74) is 0. The van der Waals surface area contributed by atoms with Gasteiger partial charge in [0.2, 0.25) is 0 Å². The first-order chi connectivity index (χ1) is 4.85. The zero-order valence-corrected chi connectivity index (χ0v) is 8.84. The normalized spacial score (nSPS) is 9.82. The Morgan fingerprint density at radius 1 is 1.09 bits per heavy atom. The SMILES string of the molecule is CCCNCC(CC)CC.Cl. The van der Waals surface area contributed by atoms with E-state index in [2.05, 4.69) is 26.1 Å². The van der Waals surface area contributed by atoms with Crippen molar-refractivity contribution in [3.63, 3.8) is 0 Å². The molecule has 0 saturated heterocycles. The van der Waals surface area contributed by atoms with Gasteiger partial charge in [-0.2, -0.15) is 0 Å². The van der Waals surface area contributed by atoms with Crippen LogP contribution in [0.15, 0.2) is 0 Å². The minimum absolute atomic E-state index is 0. The van der Waals surface area contributed by atoms with Gasteiger partial charge in [-0.15, -0.1) is 12.4 Å². The zero-order chi connectivity index (χ0) is 7.82. The fraction of sp³-hybridized carbons (Fsp3) is 1.00. The van der Waals surface area contributed by atoms with E-state index in [1.807, 2.05) is 0 Å². The van der Waals surface area contributed by atoms with Crippen LogP contribution in [0.5, 0.6) is 0 Å². The van der Waals surface area contributed by atoms with Crippen LogP contribution in [0.2, 0.25) is 0 Å². The lowest BCUT2D eigenvalue weighted by Gasteiger charge is -2.11. The van der Waals surface area contributed by atoms with E-state index in [1.165, 1.54) is 32.4 Å². The molecule has 11 heavy (non-hydrogen) atoms. The fourth-order valence-electron chi connectivity index (χ4n) is 1.06. The molecular weight excluding hydrogens is 158 g/mol. The van der Waals surface area contributed by atoms with Crippen molar-refractivity contribution in [3.8, 4) is 0 Å². The predicted molar refractivity (Wildman–Crippen MR) is 54.5 cm³/mol. The molecule has 0 unspecified atom stereocenters. The van der Waals surface area contributed by atoms with E-state index in [4.69, 9.17) is 0 Å². The van der Waals surface area contributed by atoms with E-state index in [0.29, 0.717) is 0 Å². The van der Waals surface area contributed by atoms with Crippen molar-refractivity contribution in [1.29, 1.82) is 0 Å². The summed E-state index contributed by atoms with van der Waals surface area (Å²) in [4.78, 5) is 0. The molecule has 0 aromatic carbocycles. The molecule has 0 aromatic heterocycles. The van der Waals surface area contributed by atoms with Crippen LogP contribution < -0.4 is 5.32 Å². The minimum atomic E-state index is 0. The van der Waals surface area contributed by atoms with Crippen LogP contribution in [0.25, 0.3) is 0 Å². The van der Waals surface area contributed by atoms with Gasteiger partial charge in [-0.3, -0.25) is 0 Å². The highest BCUT2D eigenvalue weighted by atomic mass is 35.5. The average Bonchev–Trinajstić information content (AvgIpc) is 1.99. The summed E-state index contributed by atoms with van der Waals surface area (Å²) in [7, 11) is 0. The Hall–Kier alpha value is 0.250. The molecule has 1 nitrogen and oxygen atoms in total.